The van der Waals surface area contributed by atoms with E-state index in [4.69, 9.17) is 5.11 Å². The summed E-state index contributed by atoms with van der Waals surface area (Å²) in [6.07, 6.45) is 2.15. The van der Waals surface area contributed by atoms with Crippen LogP contribution in [0, 0.1) is 5.92 Å². The lowest BCUT2D eigenvalue weighted by molar-refractivity contribution is -0.141. The zero-order chi connectivity index (χ0) is 9.40. The van der Waals surface area contributed by atoms with Crippen molar-refractivity contribution < 1.29 is 19.4 Å². The maximum absolute atomic E-state index is 10.3. The predicted molar refractivity (Wildman–Crippen MR) is 42.7 cm³/mol. The van der Waals surface area contributed by atoms with Gasteiger partial charge >= 0.3 is 5.97 Å². The number of carboxylic acids is 1. The average Bonchev–Trinajstić information content (AvgIpc) is 2.03. The fraction of sp³-hybridized carbons (Fsp3) is 0.750. The third-order valence-electron chi connectivity index (χ3n) is 1.64. The second-order valence-corrected chi connectivity index (χ2v) is 2.70. The normalized spacial score (nSPS) is 12.1. The molecule has 4 heteroatoms. The van der Waals surface area contributed by atoms with Crippen molar-refractivity contribution in [2.75, 3.05) is 6.61 Å². The highest BCUT2D eigenvalue weighted by atomic mass is 16.5. The van der Waals surface area contributed by atoms with E-state index < -0.39 is 5.97 Å². The van der Waals surface area contributed by atoms with Crippen LogP contribution in [0.4, 0.5) is 0 Å². The SMILES string of the molecule is CC(CCCCOC=O)C(=O)O. The number of unbranched alkanes of at least 4 members (excludes halogenated alkanes) is 1. The molecule has 0 aliphatic heterocycles. The van der Waals surface area contributed by atoms with E-state index in [1.165, 1.54) is 0 Å². The van der Waals surface area contributed by atoms with Gasteiger partial charge in [-0.15, -0.1) is 0 Å². The molecule has 0 aromatic heterocycles. The quantitative estimate of drug-likeness (QED) is 0.463. The Bertz CT molecular complexity index is 144. The number of hydrogen-bond donors (Lipinski definition) is 1. The van der Waals surface area contributed by atoms with E-state index >= 15 is 0 Å². The summed E-state index contributed by atoms with van der Waals surface area (Å²) in [5, 5.41) is 8.50. The molecule has 0 radical (unpaired) electrons. The second-order valence-electron chi connectivity index (χ2n) is 2.70. The van der Waals surface area contributed by atoms with E-state index in [1.807, 2.05) is 0 Å². The smallest absolute Gasteiger partial charge is 0.306 e. The van der Waals surface area contributed by atoms with Crippen molar-refractivity contribution in [1.29, 1.82) is 0 Å². The third-order valence-corrected chi connectivity index (χ3v) is 1.64. The van der Waals surface area contributed by atoms with Crippen LogP contribution in [-0.4, -0.2) is 24.2 Å². The Hall–Kier alpha value is -1.06. The molecule has 0 saturated heterocycles. The number of ether oxygens (including phenoxy) is 1. The third kappa shape index (κ3) is 5.70. The second kappa shape index (κ2) is 6.64. The largest absolute Gasteiger partial charge is 0.481 e. The zero-order valence-electron chi connectivity index (χ0n) is 7.16. The number of rotatable bonds is 7. The molecule has 0 heterocycles. The standard InChI is InChI=1S/C8H14O4/c1-7(8(10)11)4-2-3-5-12-6-9/h6-7H,2-5H2,1H3,(H,10,11). The molecule has 0 aliphatic rings. The molecular formula is C8H14O4. The molecule has 12 heavy (non-hydrogen) atoms. The topological polar surface area (TPSA) is 63.6 Å². The summed E-state index contributed by atoms with van der Waals surface area (Å²) in [5.41, 5.74) is 0. The number of carbonyl (C=O) groups excluding carboxylic acids is 1. The Labute approximate surface area is 71.5 Å². The molecule has 0 rings (SSSR count). The van der Waals surface area contributed by atoms with Crippen molar-refractivity contribution in [3.8, 4) is 0 Å². The van der Waals surface area contributed by atoms with Crippen LogP contribution in [0.5, 0.6) is 0 Å². The average molecular weight is 174 g/mol. The van der Waals surface area contributed by atoms with Crippen LogP contribution >= 0.6 is 0 Å². The van der Waals surface area contributed by atoms with Crippen molar-refractivity contribution in [1.82, 2.24) is 0 Å². The lowest BCUT2D eigenvalue weighted by Gasteiger charge is -2.04. The molecule has 0 amide bonds. The van der Waals surface area contributed by atoms with Crippen LogP contribution in [0.25, 0.3) is 0 Å². The first kappa shape index (κ1) is 10.9. The molecule has 0 bridgehead atoms. The molecule has 0 saturated carbocycles. The molecule has 4 nitrogen and oxygen atoms in total. The maximum atomic E-state index is 10.3. The summed E-state index contributed by atoms with van der Waals surface area (Å²) < 4.78 is 4.45. The zero-order valence-corrected chi connectivity index (χ0v) is 7.16. The van der Waals surface area contributed by atoms with E-state index in [-0.39, 0.29) is 5.92 Å². The van der Waals surface area contributed by atoms with E-state index in [0.717, 1.165) is 12.8 Å². The van der Waals surface area contributed by atoms with Gasteiger partial charge in [0.2, 0.25) is 0 Å². The van der Waals surface area contributed by atoms with Gasteiger partial charge in [0.25, 0.3) is 6.47 Å². The minimum atomic E-state index is -0.772. The van der Waals surface area contributed by atoms with Crippen LogP contribution < -0.4 is 0 Å². The highest BCUT2D eigenvalue weighted by Crippen LogP contribution is 2.07. The number of carboxylic acid groups (broad SMARTS) is 1. The van der Waals surface area contributed by atoms with Gasteiger partial charge < -0.3 is 9.84 Å². The Morgan fingerprint density at radius 2 is 2.25 bits per heavy atom. The summed E-state index contributed by atoms with van der Waals surface area (Å²) in [6, 6.07) is 0. The fourth-order valence-corrected chi connectivity index (χ4v) is 0.808. The van der Waals surface area contributed by atoms with E-state index in [9.17, 15) is 9.59 Å². The van der Waals surface area contributed by atoms with Gasteiger partial charge in [-0.25, -0.2) is 0 Å². The minimum Gasteiger partial charge on any atom is -0.481 e. The number of aliphatic carboxylic acids is 1. The van der Waals surface area contributed by atoms with Gasteiger partial charge in [0.15, 0.2) is 0 Å². The van der Waals surface area contributed by atoms with Gasteiger partial charge in [-0.05, 0) is 19.3 Å². The lowest BCUT2D eigenvalue weighted by Crippen LogP contribution is -2.09. The molecule has 0 aromatic carbocycles. The maximum Gasteiger partial charge on any atom is 0.306 e. The predicted octanol–water partition coefficient (Wildman–Crippen LogP) is 1.05. The molecule has 70 valence electrons. The molecule has 0 aliphatic carbocycles. The van der Waals surface area contributed by atoms with Crippen molar-refractivity contribution in [2.45, 2.75) is 26.2 Å². The van der Waals surface area contributed by atoms with Crippen LogP contribution in [-0.2, 0) is 14.3 Å². The Balaban J connectivity index is 3.19. The summed E-state index contributed by atoms with van der Waals surface area (Å²) in [7, 11) is 0. The van der Waals surface area contributed by atoms with E-state index in [1.54, 1.807) is 6.92 Å². The minimum absolute atomic E-state index is 0.304. The van der Waals surface area contributed by atoms with Gasteiger partial charge in [-0.3, -0.25) is 9.59 Å². The summed E-state index contributed by atoms with van der Waals surface area (Å²) in [4.78, 5) is 20.0. The van der Waals surface area contributed by atoms with Gasteiger partial charge in [0, 0.05) is 0 Å². The first-order chi connectivity index (χ1) is 5.68. The fourth-order valence-electron chi connectivity index (χ4n) is 0.808. The summed E-state index contributed by atoms with van der Waals surface area (Å²) in [5.74, 6) is -1.08. The van der Waals surface area contributed by atoms with E-state index in [0.29, 0.717) is 19.5 Å². The summed E-state index contributed by atoms with van der Waals surface area (Å²) in [6.45, 7) is 2.46. The molecule has 0 spiro atoms. The van der Waals surface area contributed by atoms with Crippen molar-refractivity contribution in [2.24, 2.45) is 5.92 Å². The molecule has 1 atom stereocenters. The number of hydrogen-bond acceptors (Lipinski definition) is 3. The van der Waals surface area contributed by atoms with Crippen LogP contribution in [0.3, 0.4) is 0 Å². The molecule has 1 N–H and O–H groups in total. The summed E-state index contributed by atoms with van der Waals surface area (Å²) >= 11 is 0. The molecule has 0 fully saturated rings. The Morgan fingerprint density at radius 3 is 2.75 bits per heavy atom. The van der Waals surface area contributed by atoms with Crippen molar-refractivity contribution in [3.63, 3.8) is 0 Å². The van der Waals surface area contributed by atoms with Gasteiger partial charge in [0.05, 0.1) is 12.5 Å². The first-order valence-electron chi connectivity index (χ1n) is 3.96. The van der Waals surface area contributed by atoms with Crippen molar-refractivity contribution >= 4 is 12.4 Å². The first-order valence-corrected chi connectivity index (χ1v) is 3.96. The molecule has 0 aromatic rings. The Morgan fingerprint density at radius 1 is 1.58 bits per heavy atom. The Kier molecular flexibility index (Phi) is 6.05. The highest BCUT2D eigenvalue weighted by Gasteiger charge is 2.09. The van der Waals surface area contributed by atoms with Gasteiger partial charge in [-0.1, -0.05) is 6.92 Å². The van der Waals surface area contributed by atoms with Crippen LogP contribution in [0.2, 0.25) is 0 Å². The monoisotopic (exact) mass is 174 g/mol. The van der Waals surface area contributed by atoms with Crippen LogP contribution in [0.15, 0.2) is 0 Å². The van der Waals surface area contributed by atoms with Crippen molar-refractivity contribution in [3.05, 3.63) is 0 Å². The molecular weight excluding hydrogens is 160 g/mol. The lowest BCUT2D eigenvalue weighted by atomic mass is 10.1. The molecule has 1 unspecified atom stereocenters. The van der Waals surface area contributed by atoms with Gasteiger partial charge in [0.1, 0.15) is 0 Å². The van der Waals surface area contributed by atoms with E-state index in [2.05, 4.69) is 4.74 Å². The van der Waals surface area contributed by atoms with Gasteiger partial charge in [-0.2, -0.15) is 0 Å². The number of carbonyl (C=O) groups is 2. The highest BCUT2D eigenvalue weighted by molar-refractivity contribution is 5.69. The van der Waals surface area contributed by atoms with Crippen LogP contribution in [0.1, 0.15) is 26.2 Å².